The van der Waals surface area contributed by atoms with Crippen LogP contribution in [0.15, 0.2) is 17.0 Å². The zero-order valence-electron chi connectivity index (χ0n) is 6.90. The van der Waals surface area contributed by atoms with Crippen molar-refractivity contribution in [1.82, 2.24) is 0 Å². The zero-order chi connectivity index (χ0) is 10.0. The molecule has 0 bridgehead atoms. The highest BCUT2D eigenvalue weighted by atomic mass is 32.1. The van der Waals surface area contributed by atoms with Gasteiger partial charge >= 0.3 is 5.97 Å². The second-order valence-corrected chi connectivity index (χ2v) is 3.11. The Bertz CT molecular complexity index is 407. The highest BCUT2D eigenvalue weighted by Gasteiger charge is 2.12. The van der Waals surface area contributed by atoms with E-state index >= 15 is 0 Å². The summed E-state index contributed by atoms with van der Waals surface area (Å²) in [5.41, 5.74) is 0.898. The molecular formula is C9H7NO2S. The SMILES string of the molecule is Cc1cc(S)c(C#N)c(C(=O)O)c1. The molecule has 0 atom stereocenters. The number of hydrogen-bond acceptors (Lipinski definition) is 3. The minimum Gasteiger partial charge on any atom is -0.478 e. The van der Waals surface area contributed by atoms with Gasteiger partial charge in [0, 0.05) is 4.90 Å². The van der Waals surface area contributed by atoms with Crippen molar-refractivity contribution in [3.63, 3.8) is 0 Å². The van der Waals surface area contributed by atoms with Gasteiger partial charge in [-0.15, -0.1) is 12.6 Å². The Kier molecular flexibility index (Phi) is 2.59. The molecule has 0 spiro atoms. The number of nitriles is 1. The molecule has 66 valence electrons. The van der Waals surface area contributed by atoms with Crippen molar-refractivity contribution in [2.24, 2.45) is 0 Å². The smallest absolute Gasteiger partial charge is 0.337 e. The third-order valence-corrected chi connectivity index (χ3v) is 1.96. The Labute approximate surface area is 81.0 Å². The van der Waals surface area contributed by atoms with Gasteiger partial charge in [0.05, 0.1) is 11.1 Å². The Morgan fingerprint density at radius 1 is 1.62 bits per heavy atom. The maximum atomic E-state index is 10.7. The van der Waals surface area contributed by atoms with E-state index in [9.17, 15) is 4.79 Å². The summed E-state index contributed by atoms with van der Waals surface area (Å²) in [6, 6.07) is 4.93. The number of thiol groups is 1. The average molecular weight is 193 g/mol. The maximum Gasteiger partial charge on any atom is 0.337 e. The number of rotatable bonds is 1. The summed E-state index contributed by atoms with van der Waals surface area (Å²) in [7, 11) is 0. The molecule has 0 fully saturated rings. The molecule has 1 N–H and O–H groups in total. The van der Waals surface area contributed by atoms with E-state index in [0.717, 1.165) is 5.56 Å². The fourth-order valence-corrected chi connectivity index (χ4v) is 1.43. The first-order valence-electron chi connectivity index (χ1n) is 3.53. The first-order valence-corrected chi connectivity index (χ1v) is 3.98. The standard InChI is InChI=1S/C9H7NO2S/c1-5-2-6(9(11)12)7(4-10)8(13)3-5/h2-3,13H,1H3,(H,11,12). The van der Waals surface area contributed by atoms with Crippen LogP contribution in [0, 0.1) is 18.3 Å². The molecule has 0 aliphatic rings. The van der Waals surface area contributed by atoms with E-state index in [1.54, 1.807) is 13.0 Å². The van der Waals surface area contributed by atoms with Gasteiger partial charge in [0.15, 0.2) is 0 Å². The monoisotopic (exact) mass is 193 g/mol. The zero-order valence-corrected chi connectivity index (χ0v) is 7.80. The Balaban J connectivity index is 3.50. The largest absolute Gasteiger partial charge is 0.478 e. The molecule has 0 saturated heterocycles. The first kappa shape index (κ1) is 9.62. The number of benzene rings is 1. The normalized spacial score (nSPS) is 9.31. The summed E-state index contributed by atoms with van der Waals surface area (Å²) in [5, 5.41) is 17.4. The Morgan fingerprint density at radius 3 is 2.69 bits per heavy atom. The minimum absolute atomic E-state index is 0.00694. The van der Waals surface area contributed by atoms with E-state index in [2.05, 4.69) is 12.6 Å². The topological polar surface area (TPSA) is 61.1 Å². The molecule has 0 radical (unpaired) electrons. The molecule has 3 nitrogen and oxygen atoms in total. The minimum atomic E-state index is -1.10. The summed E-state index contributed by atoms with van der Waals surface area (Å²) < 4.78 is 0. The number of aryl methyl sites for hydroxylation is 1. The molecule has 1 rings (SSSR count). The van der Waals surface area contributed by atoms with Gasteiger partial charge in [0.25, 0.3) is 0 Å². The van der Waals surface area contributed by atoms with Crippen molar-refractivity contribution >= 4 is 18.6 Å². The van der Waals surface area contributed by atoms with Crippen molar-refractivity contribution < 1.29 is 9.90 Å². The van der Waals surface area contributed by atoms with Crippen LogP contribution in [0.3, 0.4) is 0 Å². The highest BCUT2D eigenvalue weighted by molar-refractivity contribution is 7.80. The molecule has 0 aliphatic carbocycles. The predicted molar refractivity (Wildman–Crippen MR) is 50.1 cm³/mol. The number of carbonyl (C=O) groups is 1. The molecule has 0 aliphatic heterocycles. The van der Waals surface area contributed by atoms with Gasteiger partial charge in [0.1, 0.15) is 6.07 Å². The fraction of sp³-hybridized carbons (Fsp3) is 0.111. The molecule has 1 aromatic rings. The molecule has 0 amide bonds. The van der Waals surface area contributed by atoms with Gasteiger partial charge in [-0.25, -0.2) is 4.79 Å². The van der Waals surface area contributed by atoms with Gasteiger partial charge in [-0.3, -0.25) is 0 Å². The van der Waals surface area contributed by atoms with Crippen molar-refractivity contribution in [2.75, 3.05) is 0 Å². The van der Waals surface area contributed by atoms with Crippen LogP contribution in [0.1, 0.15) is 21.5 Å². The third kappa shape index (κ3) is 1.82. The van der Waals surface area contributed by atoms with Crippen LogP contribution in [0.25, 0.3) is 0 Å². The van der Waals surface area contributed by atoms with Crippen LogP contribution in [0.4, 0.5) is 0 Å². The van der Waals surface area contributed by atoms with Gasteiger partial charge < -0.3 is 5.11 Å². The lowest BCUT2D eigenvalue weighted by atomic mass is 10.1. The van der Waals surface area contributed by atoms with E-state index in [4.69, 9.17) is 10.4 Å². The molecule has 0 heterocycles. The van der Waals surface area contributed by atoms with Crippen molar-refractivity contribution in [3.05, 3.63) is 28.8 Å². The lowest BCUT2D eigenvalue weighted by molar-refractivity contribution is 0.0696. The number of aromatic carboxylic acids is 1. The molecule has 0 unspecified atom stereocenters. The first-order chi connectivity index (χ1) is 6.06. The number of carboxylic acid groups (broad SMARTS) is 1. The van der Waals surface area contributed by atoms with Crippen LogP contribution in [0.2, 0.25) is 0 Å². The molecule has 0 aromatic heterocycles. The maximum absolute atomic E-state index is 10.7. The van der Waals surface area contributed by atoms with Crippen LogP contribution in [-0.2, 0) is 0 Å². The van der Waals surface area contributed by atoms with Crippen molar-refractivity contribution in [1.29, 1.82) is 5.26 Å². The van der Waals surface area contributed by atoms with Crippen molar-refractivity contribution in [2.45, 2.75) is 11.8 Å². The third-order valence-electron chi connectivity index (χ3n) is 1.60. The Hall–Kier alpha value is -1.47. The molecule has 0 saturated carbocycles. The second kappa shape index (κ2) is 3.50. The second-order valence-electron chi connectivity index (χ2n) is 2.62. The average Bonchev–Trinajstić information content (AvgIpc) is 2.02. The summed E-state index contributed by atoms with van der Waals surface area (Å²) >= 11 is 4.03. The quantitative estimate of drug-likeness (QED) is 0.669. The fourth-order valence-electron chi connectivity index (χ4n) is 1.05. The lowest BCUT2D eigenvalue weighted by Crippen LogP contribution is -2.01. The molecule has 13 heavy (non-hydrogen) atoms. The van der Waals surface area contributed by atoms with E-state index < -0.39 is 5.97 Å². The van der Waals surface area contributed by atoms with Gasteiger partial charge in [-0.2, -0.15) is 5.26 Å². The van der Waals surface area contributed by atoms with E-state index in [1.165, 1.54) is 6.07 Å². The molecular weight excluding hydrogens is 186 g/mol. The number of hydrogen-bond donors (Lipinski definition) is 2. The number of carboxylic acids is 1. The summed E-state index contributed by atoms with van der Waals surface area (Å²) in [6.07, 6.45) is 0. The van der Waals surface area contributed by atoms with Gasteiger partial charge in [-0.05, 0) is 24.6 Å². The summed E-state index contributed by atoms with van der Waals surface area (Å²) in [5.74, 6) is -1.10. The van der Waals surface area contributed by atoms with Crippen LogP contribution in [-0.4, -0.2) is 11.1 Å². The van der Waals surface area contributed by atoms with E-state index in [-0.39, 0.29) is 11.1 Å². The van der Waals surface area contributed by atoms with Crippen LogP contribution < -0.4 is 0 Å². The van der Waals surface area contributed by atoms with Gasteiger partial charge in [-0.1, -0.05) is 0 Å². The van der Waals surface area contributed by atoms with Gasteiger partial charge in [0.2, 0.25) is 0 Å². The Morgan fingerprint density at radius 2 is 2.23 bits per heavy atom. The predicted octanol–water partition coefficient (Wildman–Crippen LogP) is 1.85. The summed E-state index contributed by atoms with van der Waals surface area (Å²) in [4.78, 5) is 11.1. The molecule has 4 heteroatoms. The highest BCUT2D eigenvalue weighted by Crippen LogP contribution is 2.19. The molecule has 1 aromatic carbocycles. The van der Waals surface area contributed by atoms with Crippen molar-refractivity contribution in [3.8, 4) is 6.07 Å². The summed E-state index contributed by atoms with van der Waals surface area (Å²) in [6.45, 7) is 1.76. The lowest BCUT2D eigenvalue weighted by Gasteiger charge is -2.02. The van der Waals surface area contributed by atoms with Crippen LogP contribution >= 0.6 is 12.6 Å². The van der Waals surface area contributed by atoms with Crippen LogP contribution in [0.5, 0.6) is 0 Å². The van der Waals surface area contributed by atoms with E-state index in [0.29, 0.717) is 4.90 Å². The van der Waals surface area contributed by atoms with E-state index in [1.807, 2.05) is 6.07 Å². The number of nitrogens with zero attached hydrogens (tertiary/aromatic N) is 1.